The van der Waals surface area contributed by atoms with E-state index in [2.05, 4.69) is 26.9 Å². The molecule has 3 N–H and O–H groups in total. The maximum Gasteiger partial charge on any atom is 0.248 e. The van der Waals surface area contributed by atoms with Crippen LogP contribution in [-0.2, 0) is 9.53 Å². The van der Waals surface area contributed by atoms with Crippen LogP contribution in [0.2, 0.25) is 0 Å². The number of fused-ring (bicyclic) bond motifs is 2. The number of hydrogen-bond donors (Lipinski definition) is 3. The van der Waals surface area contributed by atoms with E-state index in [0.717, 1.165) is 34.9 Å². The molecule has 0 aromatic carbocycles. The van der Waals surface area contributed by atoms with Crippen LogP contribution in [0.5, 0.6) is 0 Å². The van der Waals surface area contributed by atoms with Gasteiger partial charge in [-0.25, -0.2) is 4.98 Å². The molecule has 2 aliphatic carbocycles. The summed E-state index contributed by atoms with van der Waals surface area (Å²) < 4.78 is 5.98. The van der Waals surface area contributed by atoms with Gasteiger partial charge in [-0.05, 0) is 24.3 Å². The summed E-state index contributed by atoms with van der Waals surface area (Å²) >= 11 is 1.62. The summed E-state index contributed by atoms with van der Waals surface area (Å²) in [5, 5.41) is 16.4. The third kappa shape index (κ3) is 3.20. The highest BCUT2D eigenvalue weighted by Gasteiger charge is 2.57. The van der Waals surface area contributed by atoms with Gasteiger partial charge in [0.15, 0.2) is 11.6 Å². The lowest BCUT2D eigenvalue weighted by Crippen LogP contribution is -2.36. The Kier molecular flexibility index (Phi) is 4.17. The maximum absolute atomic E-state index is 12.0. The van der Waals surface area contributed by atoms with E-state index in [1.807, 2.05) is 16.3 Å². The molecule has 4 heterocycles. The summed E-state index contributed by atoms with van der Waals surface area (Å²) in [7, 11) is 1.55. The highest BCUT2D eigenvalue weighted by molar-refractivity contribution is 7.17. The first-order valence-corrected chi connectivity index (χ1v) is 11.2. The molecule has 3 aromatic rings. The lowest BCUT2D eigenvalue weighted by atomic mass is 10.3. The highest BCUT2D eigenvalue weighted by Crippen LogP contribution is 2.47. The lowest BCUT2D eigenvalue weighted by Gasteiger charge is -2.20. The molecule has 1 amide bonds. The van der Waals surface area contributed by atoms with Crippen molar-refractivity contribution in [1.82, 2.24) is 25.1 Å². The van der Waals surface area contributed by atoms with Gasteiger partial charge in [-0.1, -0.05) is 0 Å². The van der Waals surface area contributed by atoms with Crippen molar-refractivity contribution >= 4 is 45.0 Å². The minimum Gasteiger partial charge on any atom is -0.375 e. The van der Waals surface area contributed by atoms with Crippen LogP contribution in [0.25, 0.3) is 10.2 Å². The van der Waals surface area contributed by atoms with E-state index in [9.17, 15) is 4.79 Å². The Morgan fingerprint density at radius 1 is 1.33 bits per heavy atom. The third-order valence-electron chi connectivity index (χ3n) is 6.28. The highest BCUT2D eigenvalue weighted by atomic mass is 32.1. The quantitative estimate of drug-likeness (QED) is 0.534. The topological polar surface area (TPSA) is 108 Å². The van der Waals surface area contributed by atoms with E-state index in [1.165, 1.54) is 18.5 Å². The van der Waals surface area contributed by atoms with Crippen LogP contribution in [0, 0.1) is 11.8 Å². The Morgan fingerprint density at radius 3 is 2.93 bits per heavy atom. The lowest BCUT2D eigenvalue weighted by molar-refractivity contribution is -0.134. The third-order valence-corrected chi connectivity index (χ3v) is 7.19. The number of nitrogens with zero attached hydrogens (tertiary/aromatic N) is 4. The number of amides is 1. The van der Waals surface area contributed by atoms with Crippen molar-refractivity contribution in [3.05, 3.63) is 23.2 Å². The van der Waals surface area contributed by atoms with Crippen molar-refractivity contribution < 1.29 is 9.53 Å². The van der Waals surface area contributed by atoms with Gasteiger partial charge in [0.2, 0.25) is 11.9 Å². The molecule has 3 atom stereocenters. The number of ether oxygens (including phenoxy) is 1. The molecule has 0 radical (unpaired) electrons. The molecule has 3 aliphatic rings. The number of rotatable bonds is 7. The summed E-state index contributed by atoms with van der Waals surface area (Å²) in [6.07, 6.45) is 2.47. The fraction of sp³-hybridized carbons (Fsp3) is 0.500. The van der Waals surface area contributed by atoms with Crippen molar-refractivity contribution in [2.45, 2.75) is 24.8 Å². The molecular formula is C20H23N7O2S. The number of thiophene rings is 1. The SMILES string of the molecule is COCC(=O)N1C[C@@H]2C(Nc3nc(Nc4cc(C5CC5)[nH]n4)c4sccc4n3)[C@@H]2C1. The van der Waals surface area contributed by atoms with E-state index in [-0.39, 0.29) is 12.5 Å². The first kappa shape index (κ1) is 18.1. The molecular weight excluding hydrogens is 402 g/mol. The van der Waals surface area contributed by atoms with E-state index in [0.29, 0.717) is 29.7 Å². The van der Waals surface area contributed by atoms with Crippen LogP contribution < -0.4 is 10.6 Å². The smallest absolute Gasteiger partial charge is 0.248 e. The zero-order valence-electron chi connectivity index (χ0n) is 16.6. The number of methoxy groups -OCH3 is 1. The van der Waals surface area contributed by atoms with E-state index in [4.69, 9.17) is 14.7 Å². The van der Waals surface area contributed by atoms with E-state index >= 15 is 0 Å². The van der Waals surface area contributed by atoms with Gasteiger partial charge >= 0.3 is 0 Å². The van der Waals surface area contributed by atoms with Gasteiger partial charge in [0.25, 0.3) is 0 Å². The second-order valence-electron chi connectivity index (χ2n) is 8.37. The Hall–Kier alpha value is -2.72. The number of piperidine rings is 1. The predicted octanol–water partition coefficient (Wildman–Crippen LogP) is 2.55. The fourth-order valence-electron chi connectivity index (χ4n) is 4.45. The Balaban J connectivity index is 1.17. The standard InChI is InChI=1S/C20H23N7O2S/c1-29-9-16(28)27-7-11-12(8-27)17(11)23-20-21-13-4-5-30-18(13)19(24-20)22-15-6-14(25-26-15)10-2-3-10/h4-6,10-12,17H,2-3,7-9H2,1H3,(H3,21,22,23,24,25,26)/t11-,12+,17?. The zero-order valence-corrected chi connectivity index (χ0v) is 17.4. The summed E-state index contributed by atoms with van der Waals surface area (Å²) in [6.45, 7) is 1.70. The van der Waals surface area contributed by atoms with E-state index < -0.39 is 0 Å². The first-order valence-electron chi connectivity index (χ1n) is 10.3. The number of hydrogen-bond acceptors (Lipinski definition) is 8. The average molecular weight is 426 g/mol. The number of nitrogens with one attached hydrogen (secondary N) is 3. The van der Waals surface area contributed by atoms with Gasteiger partial charge in [-0.15, -0.1) is 11.3 Å². The number of carbonyl (C=O) groups excluding carboxylic acids is 1. The molecule has 30 heavy (non-hydrogen) atoms. The molecule has 10 heteroatoms. The fourth-order valence-corrected chi connectivity index (χ4v) is 5.22. The molecule has 9 nitrogen and oxygen atoms in total. The molecule has 1 unspecified atom stereocenters. The molecule has 3 fully saturated rings. The predicted molar refractivity (Wildman–Crippen MR) is 114 cm³/mol. The van der Waals surface area contributed by atoms with Crippen molar-refractivity contribution in [3.63, 3.8) is 0 Å². The van der Waals surface area contributed by atoms with Crippen LogP contribution in [0.1, 0.15) is 24.5 Å². The Bertz CT molecular complexity index is 1100. The summed E-state index contributed by atoms with van der Waals surface area (Å²) in [5.74, 6) is 3.78. The van der Waals surface area contributed by atoms with Crippen molar-refractivity contribution in [3.8, 4) is 0 Å². The molecule has 0 bridgehead atoms. The minimum atomic E-state index is 0.0652. The number of anilines is 3. The molecule has 0 spiro atoms. The minimum absolute atomic E-state index is 0.0652. The molecule has 3 aromatic heterocycles. The number of H-pyrrole nitrogens is 1. The number of carbonyl (C=O) groups is 1. The molecule has 156 valence electrons. The Morgan fingerprint density at radius 2 is 2.17 bits per heavy atom. The molecule has 6 rings (SSSR count). The van der Waals surface area contributed by atoms with Crippen molar-refractivity contribution in [1.29, 1.82) is 0 Å². The molecule has 1 saturated heterocycles. The van der Waals surface area contributed by atoms with Crippen LogP contribution in [0.3, 0.4) is 0 Å². The number of aromatic nitrogens is 4. The van der Waals surface area contributed by atoms with Crippen molar-refractivity contribution in [2.24, 2.45) is 11.8 Å². The largest absolute Gasteiger partial charge is 0.375 e. The van der Waals surface area contributed by atoms with Crippen LogP contribution in [-0.4, -0.2) is 63.8 Å². The summed E-state index contributed by atoms with van der Waals surface area (Å²) in [5.41, 5.74) is 2.10. The van der Waals surface area contributed by atoms with Crippen molar-refractivity contribution in [2.75, 3.05) is 37.4 Å². The summed E-state index contributed by atoms with van der Waals surface area (Å²) in [6, 6.07) is 4.40. The van der Waals surface area contributed by atoms with Gasteiger partial charge < -0.3 is 20.3 Å². The second kappa shape index (κ2) is 6.92. The normalized spacial score (nSPS) is 24.8. The monoisotopic (exact) mass is 425 g/mol. The second-order valence-corrected chi connectivity index (χ2v) is 9.28. The first-order chi connectivity index (χ1) is 14.7. The zero-order chi connectivity index (χ0) is 20.2. The van der Waals surface area contributed by atoms with Crippen LogP contribution in [0.4, 0.5) is 17.6 Å². The number of aromatic amines is 1. The maximum atomic E-state index is 12.0. The number of likely N-dealkylation sites (tertiary alicyclic amines) is 1. The van der Waals surface area contributed by atoms with Gasteiger partial charge in [-0.2, -0.15) is 10.1 Å². The Labute approximate surface area is 177 Å². The average Bonchev–Trinajstić information content (AvgIpc) is 3.44. The van der Waals surface area contributed by atoms with Gasteiger partial charge in [-0.3, -0.25) is 9.89 Å². The molecule has 1 aliphatic heterocycles. The van der Waals surface area contributed by atoms with Gasteiger partial charge in [0.05, 0.1) is 10.2 Å². The van der Waals surface area contributed by atoms with Crippen LogP contribution in [0.15, 0.2) is 17.5 Å². The molecule has 2 saturated carbocycles. The van der Waals surface area contributed by atoms with Gasteiger partial charge in [0.1, 0.15) is 6.61 Å². The van der Waals surface area contributed by atoms with E-state index in [1.54, 1.807) is 18.4 Å². The summed E-state index contributed by atoms with van der Waals surface area (Å²) in [4.78, 5) is 23.3. The van der Waals surface area contributed by atoms with Crippen LogP contribution >= 0.6 is 11.3 Å². The van der Waals surface area contributed by atoms with Gasteiger partial charge in [0, 0.05) is 55.8 Å².